The molecule has 0 aromatic heterocycles. The fraction of sp³-hybridized carbons (Fsp3) is 1.00. The summed E-state index contributed by atoms with van der Waals surface area (Å²) >= 11 is 10.9. The van der Waals surface area contributed by atoms with E-state index in [0.29, 0.717) is 5.88 Å². The SMILES string of the molecule is CCN(Cl)CCCl.[Pt]. The third kappa shape index (κ3) is 7.23. The second-order valence-corrected chi connectivity index (χ2v) is 2.05. The molecule has 0 saturated carbocycles. The van der Waals surface area contributed by atoms with Crippen molar-refractivity contribution in [3.63, 3.8) is 0 Å². The van der Waals surface area contributed by atoms with Gasteiger partial charge in [0, 0.05) is 40.0 Å². The molecule has 0 fully saturated rings. The average molecular weight is 337 g/mol. The first-order chi connectivity index (χ1) is 3.31. The van der Waals surface area contributed by atoms with Crippen LogP contribution < -0.4 is 0 Å². The van der Waals surface area contributed by atoms with Crippen LogP contribution in [-0.4, -0.2) is 23.4 Å². The maximum atomic E-state index is 5.51. The summed E-state index contributed by atoms with van der Waals surface area (Å²) < 4.78 is 1.65. The molecule has 0 N–H and O–H groups in total. The second-order valence-electron chi connectivity index (χ2n) is 1.19. The van der Waals surface area contributed by atoms with Crippen LogP contribution in [0.15, 0.2) is 0 Å². The smallest absolute Gasteiger partial charge is 0.0364 e. The van der Waals surface area contributed by atoms with E-state index in [1.54, 1.807) is 4.42 Å². The molecule has 0 bridgehead atoms. The first kappa shape index (κ1) is 12.0. The Bertz CT molecular complexity index is 45.0. The first-order valence-electron chi connectivity index (χ1n) is 2.28. The van der Waals surface area contributed by atoms with Crippen molar-refractivity contribution >= 4 is 23.4 Å². The van der Waals surface area contributed by atoms with E-state index < -0.39 is 0 Å². The van der Waals surface area contributed by atoms with Gasteiger partial charge in [0.05, 0.1) is 0 Å². The Morgan fingerprint density at radius 2 is 2.00 bits per heavy atom. The normalized spacial score (nSPS) is 9.00. The number of hydrogen-bond donors (Lipinski definition) is 0. The molecule has 1 nitrogen and oxygen atoms in total. The standard InChI is InChI=1S/C4H9Cl2N.Pt/c1-2-7(6)4-3-5;/h2-4H2,1H3;. The van der Waals surface area contributed by atoms with E-state index in [0.717, 1.165) is 13.1 Å². The van der Waals surface area contributed by atoms with Crippen LogP contribution in [0.1, 0.15) is 6.92 Å². The molecule has 54 valence electrons. The Kier molecular flexibility index (Phi) is 12.3. The molecule has 0 aliphatic carbocycles. The van der Waals surface area contributed by atoms with Crippen molar-refractivity contribution in [2.24, 2.45) is 0 Å². The Labute approximate surface area is 74.7 Å². The number of rotatable bonds is 3. The molecule has 0 aromatic rings. The van der Waals surface area contributed by atoms with Gasteiger partial charge in [0.2, 0.25) is 0 Å². The Hall–Kier alpha value is 1.23. The van der Waals surface area contributed by atoms with Gasteiger partial charge in [0.15, 0.2) is 0 Å². The number of hydrogen-bond acceptors (Lipinski definition) is 1. The largest absolute Gasteiger partial charge is 0.219 e. The molecule has 0 heterocycles. The van der Waals surface area contributed by atoms with E-state index in [-0.39, 0.29) is 21.1 Å². The van der Waals surface area contributed by atoms with Crippen molar-refractivity contribution in [2.45, 2.75) is 6.92 Å². The summed E-state index contributed by atoms with van der Waals surface area (Å²) in [5.74, 6) is 0.608. The summed E-state index contributed by atoms with van der Waals surface area (Å²) in [6, 6.07) is 0. The third-order valence-corrected chi connectivity index (χ3v) is 1.25. The predicted octanol–water partition coefficient (Wildman–Crippen LogP) is 1.70. The third-order valence-electron chi connectivity index (χ3n) is 0.670. The minimum Gasteiger partial charge on any atom is -0.219 e. The molecular weight excluding hydrogens is 328 g/mol. The van der Waals surface area contributed by atoms with Crippen LogP contribution >= 0.6 is 23.4 Å². The van der Waals surface area contributed by atoms with Gasteiger partial charge in [-0.3, -0.25) is 0 Å². The molecule has 0 aliphatic rings. The van der Waals surface area contributed by atoms with Gasteiger partial charge in [-0.2, -0.15) is 0 Å². The van der Waals surface area contributed by atoms with Gasteiger partial charge in [-0.1, -0.05) is 6.92 Å². The van der Waals surface area contributed by atoms with E-state index in [1.165, 1.54) is 0 Å². The van der Waals surface area contributed by atoms with Crippen molar-refractivity contribution in [1.82, 2.24) is 4.42 Å². The summed E-state index contributed by atoms with van der Waals surface area (Å²) in [4.78, 5) is 0. The topological polar surface area (TPSA) is 3.24 Å². The van der Waals surface area contributed by atoms with Crippen LogP contribution in [-0.2, 0) is 21.1 Å². The quantitative estimate of drug-likeness (QED) is 0.560. The van der Waals surface area contributed by atoms with Crippen molar-refractivity contribution in [3.05, 3.63) is 0 Å². The second kappa shape index (κ2) is 8.23. The van der Waals surface area contributed by atoms with Crippen molar-refractivity contribution in [2.75, 3.05) is 19.0 Å². The molecule has 0 amide bonds. The summed E-state index contributed by atoms with van der Waals surface area (Å²) in [5.41, 5.74) is 0. The van der Waals surface area contributed by atoms with Crippen molar-refractivity contribution < 1.29 is 21.1 Å². The Morgan fingerprint density at radius 1 is 1.50 bits per heavy atom. The van der Waals surface area contributed by atoms with Gasteiger partial charge in [0.1, 0.15) is 0 Å². The molecule has 0 aromatic carbocycles. The number of halogens is 2. The first-order valence-corrected chi connectivity index (χ1v) is 3.15. The summed E-state index contributed by atoms with van der Waals surface area (Å²) in [6.45, 7) is 3.60. The van der Waals surface area contributed by atoms with Crippen LogP contribution in [0.4, 0.5) is 0 Å². The maximum Gasteiger partial charge on any atom is 0.0364 e. The fourth-order valence-electron chi connectivity index (χ4n) is 0.250. The molecule has 0 spiro atoms. The monoisotopic (exact) mass is 336 g/mol. The van der Waals surface area contributed by atoms with Crippen LogP contribution in [0.25, 0.3) is 0 Å². The molecular formula is C4H9Cl2NPt. The molecule has 0 atom stereocenters. The predicted molar refractivity (Wildman–Crippen MR) is 33.8 cm³/mol. The zero-order valence-corrected chi connectivity index (χ0v) is 8.42. The molecule has 8 heavy (non-hydrogen) atoms. The minimum absolute atomic E-state index is 0. The average Bonchev–Trinajstić information content (AvgIpc) is 1.68. The van der Waals surface area contributed by atoms with Gasteiger partial charge in [0.25, 0.3) is 0 Å². The van der Waals surface area contributed by atoms with Gasteiger partial charge < -0.3 is 0 Å². The molecule has 0 saturated heterocycles. The van der Waals surface area contributed by atoms with Crippen molar-refractivity contribution in [3.8, 4) is 0 Å². The van der Waals surface area contributed by atoms with E-state index in [4.69, 9.17) is 23.4 Å². The maximum absolute atomic E-state index is 5.51. The Morgan fingerprint density at radius 3 is 2.12 bits per heavy atom. The molecule has 4 heteroatoms. The Balaban J connectivity index is 0. The van der Waals surface area contributed by atoms with Crippen LogP contribution in [0.3, 0.4) is 0 Å². The van der Waals surface area contributed by atoms with E-state index >= 15 is 0 Å². The molecule has 0 radical (unpaired) electrons. The van der Waals surface area contributed by atoms with Gasteiger partial charge in [-0.15, -0.1) is 11.6 Å². The summed E-state index contributed by atoms with van der Waals surface area (Å²) in [7, 11) is 0. The minimum atomic E-state index is 0. The van der Waals surface area contributed by atoms with E-state index in [1.807, 2.05) is 6.92 Å². The van der Waals surface area contributed by atoms with Crippen LogP contribution in [0.2, 0.25) is 0 Å². The zero-order chi connectivity index (χ0) is 5.70. The van der Waals surface area contributed by atoms with Crippen LogP contribution in [0.5, 0.6) is 0 Å². The fourth-order valence-corrected chi connectivity index (χ4v) is 0.625. The van der Waals surface area contributed by atoms with Gasteiger partial charge in [-0.05, 0) is 11.8 Å². The van der Waals surface area contributed by atoms with Gasteiger partial charge >= 0.3 is 0 Å². The number of alkyl halides is 1. The summed E-state index contributed by atoms with van der Waals surface area (Å²) in [5, 5.41) is 0. The summed E-state index contributed by atoms with van der Waals surface area (Å²) in [6.07, 6.45) is 0. The van der Waals surface area contributed by atoms with E-state index in [9.17, 15) is 0 Å². The number of nitrogens with zero attached hydrogens (tertiary/aromatic N) is 1. The molecule has 0 unspecified atom stereocenters. The van der Waals surface area contributed by atoms with Crippen LogP contribution in [0, 0.1) is 0 Å². The zero-order valence-electron chi connectivity index (χ0n) is 4.64. The molecule has 0 aliphatic heterocycles. The molecule has 0 rings (SSSR count). The van der Waals surface area contributed by atoms with Crippen molar-refractivity contribution in [1.29, 1.82) is 0 Å². The van der Waals surface area contributed by atoms with Gasteiger partial charge in [-0.25, -0.2) is 4.42 Å². The van der Waals surface area contributed by atoms with E-state index in [2.05, 4.69) is 0 Å².